The maximum Gasteiger partial charge on any atom is 0.337 e. The highest BCUT2D eigenvalue weighted by atomic mass is 35.5. The lowest BCUT2D eigenvalue weighted by molar-refractivity contribution is 0.0698. The standard InChI is InChI=1S/C13H11NO3.ClH/c14-12-5-4-9(7-11(12)13(16)17)8-2-1-3-10(15)6-8;/h1-7,15H,14H2,(H,16,17);1H. The van der Waals surface area contributed by atoms with Crippen LogP contribution < -0.4 is 5.73 Å². The van der Waals surface area contributed by atoms with Crippen molar-refractivity contribution in [3.63, 3.8) is 0 Å². The molecule has 2 rings (SSSR count). The average Bonchev–Trinajstić information content (AvgIpc) is 2.29. The summed E-state index contributed by atoms with van der Waals surface area (Å²) < 4.78 is 0. The number of aromatic carboxylic acids is 1. The van der Waals surface area contributed by atoms with E-state index < -0.39 is 5.97 Å². The fourth-order valence-corrected chi connectivity index (χ4v) is 1.61. The number of nitrogens with two attached hydrogens (primary N) is 1. The van der Waals surface area contributed by atoms with Gasteiger partial charge in [-0.1, -0.05) is 18.2 Å². The van der Waals surface area contributed by atoms with E-state index in [1.165, 1.54) is 6.07 Å². The minimum absolute atomic E-state index is 0. The molecular formula is C13H12ClNO3. The van der Waals surface area contributed by atoms with Gasteiger partial charge in [-0.3, -0.25) is 0 Å². The minimum atomic E-state index is -1.07. The molecule has 94 valence electrons. The first-order chi connectivity index (χ1) is 8.08. The molecule has 0 saturated heterocycles. The molecule has 0 fully saturated rings. The molecular weight excluding hydrogens is 254 g/mol. The Labute approximate surface area is 110 Å². The van der Waals surface area contributed by atoms with Crippen molar-refractivity contribution < 1.29 is 15.0 Å². The van der Waals surface area contributed by atoms with E-state index in [-0.39, 0.29) is 29.4 Å². The van der Waals surface area contributed by atoms with Crippen LogP contribution in [0.25, 0.3) is 11.1 Å². The van der Waals surface area contributed by atoms with Gasteiger partial charge in [-0.2, -0.15) is 0 Å². The molecule has 4 N–H and O–H groups in total. The van der Waals surface area contributed by atoms with Gasteiger partial charge in [0.05, 0.1) is 5.56 Å². The van der Waals surface area contributed by atoms with E-state index in [1.54, 1.807) is 36.4 Å². The van der Waals surface area contributed by atoms with Crippen LogP contribution >= 0.6 is 12.4 Å². The molecule has 0 aromatic heterocycles. The Bertz CT molecular complexity index is 584. The number of hydrogen-bond donors (Lipinski definition) is 3. The molecule has 0 atom stereocenters. The van der Waals surface area contributed by atoms with Gasteiger partial charge >= 0.3 is 5.97 Å². The van der Waals surface area contributed by atoms with E-state index in [9.17, 15) is 9.90 Å². The largest absolute Gasteiger partial charge is 0.508 e. The van der Waals surface area contributed by atoms with Crippen molar-refractivity contribution in [1.82, 2.24) is 0 Å². The van der Waals surface area contributed by atoms with Crippen LogP contribution in [0.5, 0.6) is 5.75 Å². The maximum atomic E-state index is 10.9. The van der Waals surface area contributed by atoms with Gasteiger partial charge in [0.2, 0.25) is 0 Å². The van der Waals surface area contributed by atoms with Crippen molar-refractivity contribution in [2.45, 2.75) is 0 Å². The highest BCUT2D eigenvalue weighted by Gasteiger charge is 2.09. The summed E-state index contributed by atoms with van der Waals surface area (Å²) in [5.41, 5.74) is 7.30. The molecule has 18 heavy (non-hydrogen) atoms. The van der Waals surface area contributed by atoms with Gasteiger partial charge in [-0.25, -0.2) is 4.79 Å². The molecule has 0 saturated carbocycles. The Hall–Kier alpha value is -2.20. The van der Waals surface area contributed by atoms with Crippen LogP contribution in [0.1, 0.15) is 10.4 Å². The number of halogens is 1. The number of anilines is 1. The van der Waals surface area contributed by atoms with Crippen molar-refractivity contribution in [2.75, 3.05) is 5.73 Å². The van der Waals surface area contributed by atoms with Crippen molar-refractivity contribution >= 4 is 24.1 Å². The highest BCUT2D eigenvalue weighted by molar-refractivity contribution is 5.95. The van der Waals surface area contributed by atoms with Crippen LogP contribution in [-0.2, 0) is 0 Å². The minimum Gasteiger partial charge on any atom is -0.508 e. The molecule has 0 spiro atoms. The molecule has 0 aliphatic rings. The maximum absolute atomic E-state index is 10.9. The van der Waals surface area contributed by atoms with Crippen molar-refractivity contribution in [3.05, 3.63) is 48.0 Å². The van der Waals surface area contributed by atoms with E-state index in [0.29, 0.717) is 5.56 Å². The summed E-state index contributed by atoms with van der Waals surface area (Å²) in [5, 5.41) is 18.3. The number of carboxylic acid groups (broad SMARTS) is 1. The summed E-state index contributed by atoms with van der Waals surface area (Å²) in [6.45, 7) is 0. The SMILES string of the molecule is Cl.Nc1ccc(-c2cccc(O)c2)cc1C(=O)O. The topological polar surface area (TPSA) is 83.5 Å². The second-order valence-corrected chi connectivity index (χ2v) is 3.66. The molecule has 0 unspecified atom stereocenters. The number of hydrogen-bond acceptors (Lipinski definition) is 3. The van der Waals surface area contributed by atoms with Gasteiger partial charge in [0.25, 0.3) is 0 Å². The van der Waals surface area contributed by atoms with Crippen LogP contribution in [0, 0.1) is 0 Å². The van der Waals surface area contributed by atoms with Crippen LogP contribution in [0.4, 0.5) is 5.69 Å². The molecule has 0 aliphatic heterocycles. The van der Waals surface area contributed by atoms with Crippen molar-refractivity contribution in [1.29, 1.82) is 0 Å². The number of carbonyl (C=O) groups is 1. The summed E-state index contributed by atoms with van der Waals surface area (Å²) in [4.78, 5) is 10.9. The molecule has 0 heterocycles. The smallest absolute Gasteiger partial charge is 0.337 e. The van der Waals surface area contributed by atoms with E-state index >= 15 is 0 Å². The summed E-state index contributed by atoms with van der Waals surface area (Å²) in [7, 11) is 0. The summed E-state index contributed by atoms with van der Waals surface area (Å²) >= 11 is 0. The Morgan fingerprint density at radius 2 is 1.72 bits per heavy atom. The normalized spacial score (nSPS) is 9.56. The predicted octanol–water partition coefficient (Wildman–Crippen LogP) is 2.76. The summed E-state index contributed by atoms with van der Waals surface area (Å²) in [6, 6.07) is 11.4. The molecule has 0 amide bonds. The highest BCUT2D eigenvalue weighted by Crippen LogP contribution is 2.26. The van der Waals surface area contributed by atoms with Crippen molar-refractivity contribution in [3.8, 4) is 16.9 Å². The lowest BCUT2D eigenvalue weighted by Crippen LogP contribution is -2.02. The van der Waals surface area contributed by atoms with Crippen LogP contribution in [0.3, 0.4) is 0 Å². The zero-order valence-corrected chi connectivity index (χ0v) is 10.1. The Morgan fingerprint density at radius 3 is 2.33 bits per heavy atom. The molecule has 4 nitrogen and oxygen atoms in total. The van der Waals surface area contributed by atoms with Gasteiger partial charge < -0.3 is 15.9 Å². The van der Waals surface area contributed by atoms with E-state index in [2.05, 4.69) is 0 Å². The van der Waals surface area contributed by atoms with Crippen molar-refractivity contribution in [2.24, 2.45) is 0 Å². The van der Waals surface area contributed by atoms with Crippen LogP contribution in [0.2, 0.25) is 0 Å². The molecule has 2 aromatic carbocycles. The van der Waals surface area contributed by atoms with Gasteiger partial charge in [0.15, 0.2) is 0 Å². The summed E-state index contributed by atoms with van der Waals surface area (Å²) in [5.74, 6) is -0.930. The molecule has 0 bridgehead atoms. The number of benzene rings is 2. The van der Waals surface area contributed by atoms with E-state index in [0.717, 1.165) is 5.56 Å². The van der Waals surface area contributed by atoms with E-state index in [1.807, 2.05) is 0 Å². The number of phenols is 1. The third-order valence-electron chi connectivity index (χ3n) is 2.46. The predicted molar refractivity (Wildman–Crippen MR) is 72.2 cm³/mol. The Balaban J connectivity index is 0.00000162. The fourth-order valence-electron chi connectivity index (χ4n) is 1.61. The molecule has 0 radical (unpaired) electrons. The molecule has 2 aromatic rings. The number of aromatic hydroxyl groups is 1. The Morgan fingerprint density at radius 1 is 1.06 bits per heavy atom. The number of carboxylic acids is 1. The lowest BCUT2D eigenvalue weighted by Gasteiger charge is -2.06. The monoisotopic (exact) mass is 265 g/mol. The number of nitrogen functional groups attached to an aromatic ring is 1. The van der Waals surface area contributed by atoms with Crippen LogP contribution in [-0.4, -0.2) is 16.2 Å². The zero-order chi connectivity index (χ0) is 12.4. The lowest BCUT2D eigenvalue weighted by atomic mass is 10.0. The second kappa shape index (κ2) is 5.42. The number of rotatable bonds is 2. The fraction of sp³-hybridized carbons (Fsp3) is 0. The number of phenolic OH excluding ortho intramolecular Hbond substituents is 1. The van der Waals surface area contributed by atoms with Gasteiger partial charge in [-0.05, 0) is 35.4 Å². The average molecular weight is 266 g/mol. The van der Waals surface area contributed by atoms with Gasteiger partial charge in [0.1, 0.15) is 5.75 Å². The first-order valence-electron chi connectivity index (χ1n) is 5.00. The summed E-state index contributed by atoms with van der Waals surface area (Å²) in [6.07, 6.45) is 0. The second-order valence-electron chi connectivity index (χ2n) is 3.66. The first kappa shape index (κ1) is 13.9. The third kappa shape index (κ3) is 2.73. The zero-order valence-electron chi connectivity index (χ0n) is 9.33. The van der Waals surface area contributed by atoms with E-state index in [4.69, 9.17) is 10.8 Å². The Kier molecular flexibility index (Phi) is 4.18. The van der Waals surface area contributed by atoms with Gasteiger partial charge in [-0.15, -0.1) is 12.4 Å². The molecule has 0 aliphatic carbocycles. The van der Waals surface area contributed by atoms with Crippen LogP contribution in [0.15, 0.2) is 42.5 Å². The first-order valence-corrected chi connectivity index (χ1v) is 5.00. The third-order valence-corrected chi connectivity index (χ3v) is 2.46. The quantitative estimate of drug-likeness (QED) is 0.729. The molecule has 5 heteroatoms. The van der Waals surface area contributed by atoms with Gasteiger partial charge in [0, 0.05) is 5.69 Å².